The van der Waals surface area contributed by atoms with Gasteiger partial charge in [0.15, 0.2) is 0 Å². The van der Waals surface area contributed by atoms with Gasteiger partial charge in [0.25, 0.3) is 0 Å². The lowest BCUT2D eigenvalue weighted by Crippen LogP contribution is -2.56. The minimum Gasteiger partial charge on any atom is -0.464 e. The highest BCUT2D eigenvalue weighted by molar-refractivity contribution is 5.82. The number of piperazine rings is 1. The predicted molar refractivity (Wildman–Crippen MR) is 153 cm³/mol. The van der Waals surface area contributed by atoms with E-state index < -0.39 is 11.7 Å². The fourth-order valence-corrected chi connectivity index (χ4v) is 6.34. The van der Waals surface area contributed by atoms with Gasteiger partial charge in [-0.3, -0.25) is 4.79 Å². The van der Waals surface area contributed by atoms with Gasteiger partial charge in [-0.25, -0.2) is 15.0 Å². The van der Waals surface area contributed by atoms with Crippen molar-refractivity contribution in [2.24, 2.45) is 0 Å². The third-order valence-electron chi connectivity index (χ3n) is 8.38. The van der Waals surface area contributed by atoms with E-state index >= 15 is 0 Å². The summed E-state index contributed by atoms with van der Waals surface area (Å²) in [6, 6.07) is 6.93. The number of carbonyl (C=O) groups is 1. The van der Waals surface area contributed by atoms with Gasteiger partial charge in [0.2, 0.25) is 5.91 Å². The maximum absolute atomic E-state index is 14.0. The summed E-state index contributed by atoms with van der Waals surface area (Å²) in [5, 5.41) is 0. The van der Waals surface area contributed by atoms with Crippen LogP contribution in [0.2, 0.25) is 0 Å². The van der Waals surface area contributed by atoms with E-state index in [1.54, 1.807) is 24.7 Å². The lowest BCUT2D eigenvalue weighted by molar-refractivity contribution is -0.138. The molecule has 9 nitrogen and oxygen atoms in total. The van der Waals surface area contributed by atoms with Crippen molar-refractivity contribution >= 4 is 23.1 Å². The molecule has 5 heterocycles. The molecule has 2 aromatic heterocycles. The zero-order chi connectivity index (χ0) is 29.4. The zero-order valence-electron chi connectivity index (χ0n) is 23.8. The van der Waals surface area contributed by atoms with Gasteiger partial charge in [-0.1, -0.05) is 6.07 Å². The third kappa shape index (κ3) is 5.41. The van der Waals surface area contributed by atoms with Crippen molar-refractivity contribution < 1.29 is 22.7 Å². The van der Waals surface area contributed by atoms with Gasteiger partial charge in [0, 0.05) is 57.2 Å². The van der Waals surface area contributed by atoms with Gasteiger partial charge < -0.3 is 24.3 Å². The van der Waals surface area contributed by atoms with Crippen molar-refractivity contribution in [3.05, 3.63) is 65.1 Å². The molecule has 0 N–H and O–H groups in total. The number of anilines is 3. The molecule has 3 aromatic rings. The Bertz CT molecular complexity index is 1450. The summed E-state index contributed by atoms with van der Waals surface area (Å²) >= 11 is 0. The molecule has 0 bridgehead atoms. The molecule has 1 aromatic carbocycles. The van der Waals surface area contributed by atoms with Crippen LogP contribution in [0, 0.1) is 0 Å². The SMILES string of the molecule is CCOc1ncc(N2CCc3c(C(F)(F)F)ccc(N4CCN(C(=O)CN5CCc6cccnc65)C(C)C4)c3C2)cn1. The highest BCUT2D eigenvalue weighted by Gasteiger charge is 2.38. The van der Waals surface area contributed by atoms with Crippen LogP contribution in [0.1, 0.15) is 36.1 Å². The Balaban J connectivity index is 1.20. The number of carbonyl (C=O) groups excluding carboxylic acids is 1. The van der Waals surface area contributed by atoms with E-state index in [-0.39, 0.29) is 30.9 Å². The highest BCUT2D eigenvalue weighted by atomic mass is 19.4. The molecule has 1 atom stereocenters. The Morgan fingerprint density at radius 1 is 1.00 bits per heavy atom. The highest BCUT2D eigenvalue weighted by Crippen LogP contribution is 2.41. The van der Waals surface area contributed by atoms with Crippen LogP contribution in [0.15, 0.2) is 42.9 Å². The first-order valence-electron chi connectivity index (χ1n) is 14.4. The Morgan fingerprint density at radius 3 is 2.55 bits per heavy atom. The lowest BCUT2D eigenvalue weighted by atomic mass is 9.91. The number of alkyl halides is 3. The number of amides is 1. The second-order valence-corrected chi connectivity index (χ2v) is 11.0. The van der Waals surface area contributed by atoms with Crippen molar-refractivity contribution in [2.45, 2.75) is 45.5 Å². The average molecular weight is 582 g/mol. The minimum atomic E-state index is -4.44. The molecule has 0 saturated carbocycles. The summed E-state index contributed by atoms with van der Waals surface area (Å²) in [5.74, 6) is 0.910. The molecule has 3 aliphatic rings. The van der Waals surface area contributed by atoms with E-state index in [1.165, 1.54) is 6.07 Å². The minimum absolute atomic E-state index is 0.0387. The van der Waals surface area contributed by atoms with Crippen molar-refractivity contribution in [3.8, 4) is 6.01 Å². The molecule has 1 amide bonds. The van der Waals surface area contributed by atoms with Crippen molar-refractivity contribution in [2.75, 3.05) is 60.6 Å². The number of pyridine rings is 1. The quantitative estimate of drug-likeness (QED) is 0.433. The first-order chi connectivity index (χ1) is 20.2. The molecule has 3 aliphatic heterocycles. The molecule has 12 heteroatoms. The van der Waals surface area contributed by atoms with Crippen LogP contribution in [0.5, 0.6) is 6.01 Å². The Morgan fingerprint density at radius 2 is 1.81 bits per heavy atom. The molecular formula is C30H34F3N7O2. The summed E-state index contributed by atoms with van der Waals surface area (Å²) in [7, 11) is 0. The fourth-order valence-electron chi connectivity index (χ4n) is 6.34. The van der Waals surface area contributed by atoms with E-state index in [0.29, 0.717) is 50.5 Å². The van der Waals surface area contributed by atoms with Crippen LogP contribution < -0.4 is 19.4 Å². The molecule has 0 aliphatic carbocycles. The maximum Gasteiger partial charge on any atom is 0.416 e. The van der Waals surface area contributed by atoms with Gasteiger partial charge in [0.1, 0.15) is 5.82 Å². The number of rotatable bonds is 6. The smallest absolute Gasteiger partial charge is 0.416 e. The molecule has 1 unspecified atom stereocenters. The van der Waals surface area contributed by atoms with Gasteiger partial charge in [-0.2, -0.15) is 13.2 Å². The Kier molecular flexibility index (Phi) is 7.54. The first-order valence-corrected chi connectivity index (χ1v) is 14.4. The Labute approximate surface area is 242 Å². The molecule has 42 heavy (non-hydrogen) atoms. The first kappa shape index (κ1) is 28.0. The second kappa shape index (κ2) is 11.3. The largest absolute Gasteiger partial charge is 0.464 e. The van der Waals surface area contributed by atoms with Crippen LogP contribution >= 0.6 is 0 Å². The average Bonchev–Trinajstić information content (AvgIpc) is 3.39. The molecule has 1 saturated heterocycles. The van der Waals surface area contributed by atoms with Crippen LogP contribution in [-0.2, 0) is 30.4 Å². The second-order valence-electron chi connectivity index (χ2n) is 11.0. The van der Waals surface area contributed by atoms with Crippen LogP contribution in [0.3, 0.4) is 0 Å². The maximum atomic E-state index is 14.0. The third-order valence-corrected chi connectivity index (χ3v) is 8.38. The molecule has 0 spiro atoms. The zero-order valence-corrected chi connectivity index (χ0v) is 23.8. The number of fused-ring (bicyclic) bond motifs is 2. The number of hydrogen-bond acceptors (Lipinski definition) is 8. The summed E-state index contributed by atoms with van der Waals surface area (Å²) in [5.41, 5.74) is 3.10. The summed E-state index contributed by atoms with van der Waals surface area (Å²) in [6.07, 6.45) is 1.74. The van der Waals surface area contributed by atoms with Crippen LogP contribution in [0.4, 0.5) is 30.4 Å². The van der Waals surface area contributed by atoms with E-state index in [9.17, 15) is 18.0 Å². The van der Waals surface area contributed by atoms with Gasteiger partial charge in [-0.05, 0) is 61.6 Å². The van der Waals surface area contributed by atoms with Gasteiger partial charge in [-0.15, -0.1) is 0 Å². The molecule has 222 valence electrons. The number of hydrogen-bond donors (Lipinski definition) is 0. The summed E-state index contributed by atoms with van der Waals surface area (Å²) in [4.78, 5) is 34.4. The van der Waals surface area contributed by atoms with E-state index in [2.05, 4.69) is 19.9 Å². The van der Waals surface area contributed by atoms with Crippen molar-refractivity contribution in [1.82, 2.24) is 19.9 Å². The lowest BCUT2D eigenvalue weighted by Gasteiger charge is -2.43. The monoisotopic (exact) mass is 581 g/mol. The van der Waals surface area contributed by atoms with Gasteiger partial charge >= 0.3 is 12.2 Å². The summed E-state index contributed by atoms with van der Waals surface area (Å²) < 4.78 is 47.4. The number of aromatic nitrogens is 3. The molecule has 6 rings (SSSR count). The van der Waals surface area contributed by atoms with Crippen LogP contribution in [0.25, 0.3) is 0 Å². The molecule has 1 fully saturated rings. The van der Waals surface area contributed by atoms with E-state index in [1.807, 2.05) is 40.7 Å². The van der Waals surface area contributed by atoms with Crippen molar-refractivity contribution in [3.63, 3.8) is 0 Å². The van der Waals surface area contributed by atoms with E-state index in [4.69, 9.17) is 4.74 Å². The topological polar surface area (TPSA) is 77.9 Å². The van der Waals surface area contributed by atoms with E-state index in [0.717, 1.165) is 35.7 Å². The number of halogens is 3. The van der Waals surface area contributed by atoms with Crippen molar-refractivity contribution in [1.29, 1.82) is 0 Å². The fraction of sp³-hybridized carbons (Fsp3) is 0.467. The number of benzene rings is 1. The molecule has 0 radical (unpaired) electrons. The summed E-state index contributed by atoms with van der Waals surface area (Å²) in [6.45, 7) is 7.61. The predicted octanol–water partition coefficient (Wildman–Crippen LogP) is 3.95. The number of ether oxygens (including phenoxy) is 1. The molecular weight excluding hydrogens is 547 g/mol. The normalized spacial score (nSPS) is 18.6. The van der Waals surface area contributed by atoms with Crippen LogP contribution in [-0.4, -0.2) is 77.7 Å². The standard InChI is InChI=1S/C30H34F3N7O2/c1-3-42-29-35-15-22(16-36-29)37-12-9-23-24(18-37)26(7-6-25(23)30(31,32)33)38-13-14-40(20(2)17-38)27(41)19-39-11-8-21-5-4-10-34-28(21)39/h4-7,10,15-16,20H,3,8-9,11-14,17-19H2,1-2H3. The Hall–Kier alpha value is -4.09. The number of nitrogens with zero attached hydrogens (tertiary/aromatic N) is 7. The van der Waals surface area contributed by atoms with Gasteiger partial charge in [0.05, 0.1) is 36.8 Å².